The first-order chi connectivity index (χ1) is 9.15. The molecule has 0 aliphatic rings. The molecule has 0 aliphatic carbocycles. The summed E-state index contributed by atoms with van der Waals surface area (Å²) < 4.78 is 0. The van der Waals surface area contributed by atoms with Gasteiger partial charge in [-0.15, -0.1) is 0 Å². The van der Waals surface area contributed by atoms with Gasteiger partial charge in [0.05, 0.1) is 5.69 Å². The lowest BCUT2D eigenvalue weighted by Gasteiger charge is -2.30. The van der Waals surface area contributed by atoms with Crippen molar-refractivity contribution in [2.75, 3.05) is 0 Å². The second-order valence-corrected chi connectivity index (χ2v) is 7.77. The van der Waals surface area contributed by atoms with Crippen molar-refractivity contribution in [3.05, 3.63) is 17.2 Å². The maximum atomic E-state index is 4.99. The van der Waals surface area contributed by atoms with Gasteiger partial charge in [0.2, 0.25) is 0 Å². The Kier molecular flexibility index (Phi) is 5.46. The molecule has 0 aromatic carbocycles. The molecule has 2 nitrogen and oxygen atoms in total. The summed E-state index contributed by atoms with van der Waals surface area (Å²) >= 11 is 0. The SMILES string of the molecule is CCCC(C)(C)c1nc(C(C)C)[nH]c1C(C)(C)CCC. The van der Waals surface area contributed by atoms with Gasteiger partial charge in [-0.25, -0.2) is 4.98 Å². The maximum Gasteiger partial charge on any atom is 0.109 e. The van der Waals surface area contributed by atoms with Gasteiger partial charge in [-0.3, -0.25) is 0 Å². The van der Waals surface area contributed by atoms with Gasteiger partial charge in [0, 0.05) is 22.4 Å². The van der Waals surface area contributed by atoms with E-state index in [4.69, 9.17) is 4.98 Å². The van der Waals surface area contributed by atoms with E-state index < -0.39 is 0 Å². The van der Waals surface area contributed by atoms with Crippen molar-refractivity contribution in [2.45, 2.75) is 97.8 Å². The van der Waals surface area contributed by atoms with Gasteiger partial charge in [0.15, 0.2) is 0 Å². The van der Waals surface area contributed by atoms with Gasteiger partial charge >= 0.3 is 0 Å². The first kappa shape index (κ1) is 17.3. The number of imidazole rings is 1. The molecule has 1 N–H and O–H groups in total. The Hall–Kier alpha value is -0.790. The van der Waals surface area contributed by atoms with E-state index in [-0.39, 0.29) is 10.8 Å². The Morgan fingerprint density at radius 3 is 1.90 bits per heavy atom. The summed E-state index contributed by atoms with van der Waals surface area (Å²) in [5, 5.41) is 0. The van der Waals surface area contributed by atoms with Crippen molar-refractivity contribution in [3.63, 3.8) is 0 Å². The van der Waals surface area contributed by atoms with Crippen molar-refractivity contribution in [1.82, 2.24) is 9.97 Å². The molecule has 116 valence electrons. The van der Waals surface area contributed by atoms with Crippen LogP contribution in [0.3, 0.4) is 0 Å². The van der Waals surface area contributed by atoms with Gasteiger partial charge < -0.3 is 4.98 Å². The third kappa shape index (κ3) is 3.65. The lowest BCUT2D eigenvalue weighted by atomic mass is 9.76. The lowest BCUT2D eigenvalue weighted by molar-refractivity contribution is 0.415. The van der Waals surface area contributed by atoms with Gasteiger partial charge in [-0.2, -0.15) is 0 Å². The largest absolute Gasteiger partial charge is 0.345 e. The van der Waals surface area contributed by atoms with Gasteiger partial charge in [0.1, 0.15) is 5.82 Å². The second kappa shape index (κ2) is 6.32. The number of H-pyrrole nitrogens is 1. The molecular formula is C18H34N2. The zero-order valence-electron chi connectivity index (χ0n) is 14.9. The molecule has 0 saturated carbocycles. The quantitative estimate of drug-likeness (QED) is 0.682. The van der Waals surface area contributed by atoms with E-state index in [0.29, 0.717) is 5.92 Å². The number of aromatic nitrogens is 2. The molecular weight excluding hydrogens is 244 g/mol. The molecule has 0 atom stereocenters. The fourth-order valence-corrected chi connectivity index (χ4v) is 3.14. The highest BCUT2D eigenvalue weighted by Crippen LogP contribution is 2.38. The number of hydrogen-bond acceptors (Lipinski definition) is 1. The van der Waals surface area contributed by atoms with Crippen LogP contribution in [-0.4, -0.2) is 9.97 Å². The normalized spacial score (nSPS) is 13.2. The van der Waals surface area contributed by atoms with Crippen LogP contribution in [0.2, 0.25) is 0 Å². The molecule has 20 heavy (non-hydrogen) atoms. The first-order valence-corrected chi connectivity index (χ1v) is 8.26. The predicted molar refractivity (Wildman–Crippen MR) is 88.5 cm³/mol. The molecule has 0 bridgehead atoms. The van der Waals surface area contributed by atoms with Crippen LogP contribution in [0.5, 0.6) is 0 Å². The van der Waals surface area contributed by atoms with Crippen LogP contribution in [0.15, 0.2) is 0 Å². The van der Waals surface area contributed by atoms with Crippen molar-refractivity contribution in [2.24, 2.45) is 0 Å². The molecule has 2 heteroatoms. The Balaban J connectivity index is 3.34. The van der Waals surface area contributed by atoms with Gasteiger partial charge in [-0.1, -0.05) is 68.2 Å². The molecule has 0 unspecified atom stereocenters. The van der Waals surface area contributed by atoms with E-state index in [0.717, 1.165) is 5.82 Å². The zero-order chi connectivity index (χ0) is 15.6. The van der Waals surface area contributed by atoms with Crippen LogP contribution in [0.25, 0.3) is 0 Å². The third-order valence-electron chi connectivity index (χ3n) is 4.34. The van der Waals surface area contributed by atoms with E-state index >= 15 is 0 Å². The molecule has 1 aromatic rings. The van der Waals surface area contributed by atoms with Crippen LogP contribution in [0.1, 0.15) is 104 Å². The minimum Gasteiger partial charge on any atom is -0.345 e. The molecule has 0 saturated heterocycles. The van der Waals surface area contributed by atoms with Gasteiger partial charge in [0.25, 0.3) is 0 Å². The second-order valence-electron chi connectivity index (χ2n) is 7.77. The van der Waals surface area contributed by atoms with Crippen molar-refractivity contribution in [1.29, 1.82) is 0 Å². The fraction of sp³-hybridized carbons (Fsp3) is 0.833. The van der Waals surface area contributed by atoms with Crippen LogP contribution >= 0.6 is 0 Å². The summed E-state index contributed by atoms with van der Waals surface area (Å²) in [6.07, 6.45) is 4.79. The molecule has 0 spiro atoms. The smallest absolute Gasteiger partial charge is 0.109 e. The van der Waals surface area contributed by atoms with Crippen LogP contribution < -0.4 is 0 Å². The summed E-state index contributed by atoms with van der Waals surface area (Å²) in [6.45, 7) is 18.3. The molecule has 0 amide bonds. The van der Waals surface area contributed by atoms with E-state index in [2.05, 4.69) is 60.4 Å². The highest BCUT2D eigenvalue weighted by Gasteiger charge is 2.33. The summed E-state index contributed by atoms with van der Waals surface area (Å²) in [5.41, 5.74) is 2.98. The van der Waals surface area contributed by atoms with Crippen molar-refractivity contribution in [3.8, 4) is 0 Å². The van der Waals surface area contributed by atoms with Crippen LogP contribution in [-0.2, 0) is 10.8 Å². The molecule has 0 fully saturated rings. The minimum atomic E-state index is 0.152. The number of aromatic amines is 1. The lowest BCUT2D eigenvalue weighted by Crippen LogP contribution is -2.26. The van der Waals surface area contributed by atoms with Crippen molar-refractivity contribution < 1.29 is 0 Å². The number of nitrogens with zero attached hydrogens (tertiary/aromatic N) is 1. The maximum absolute atomic E-state index is 4.99. The zero-order valence-corrected chi connectivity index (χ0v) is 14.9. The van der Waals surface area contributed by atoms with E-state index in [1.165, 1.54) is 37.1 Å². The molecule has 1 rings (SSSR count). The minimum absolute atomic E-state index is 0.152. The van der Waals surface area contributed by atoms with E-state index in [9.17, 15) is 0 Å². The fourth-order valence-electron chi connectivity index (χ4n) is 3.14. The predicted octanol–water partition coefficient (Wildman–Crippen LogP) is 5.69. The molecule has 1 heterocycles. The Morgan fingerprint density at radius 1 is 0.950 bits per heavy atom. The highest BCUT2D eigenvalue weighted by atomic mass is 15.0. The molecule has 0 radical (unpaired) electrons. The first-order valence-electron chi connectivity index (χ1n) is 8.26. The Morgan fingerprint density at radius 2 is 1.45 bits per heavy atom. The third-order valence-corrected chi connectivity index (χ3v) is 4.34. The summed E-state index contributed by atoms with van der Waals surface area (Å²) in [4.78, 5) is 8.65. The van der Waals surface area contributed by atoms with E-state index in [1.807, 2.05) is 0 Å². The van der Waals surface area contributed by atoms with Crippen LogP contribution in [0.4, 0.5) is 0 Å². The highest BCUT2D eigenvalue weighted by molar-refractivity contribution is 5.30. The number of nitrogens with one attached hydrogen (secondary N) is 1. The Labute approximate surface area is 125 Å². The average Bonchev–Trinajstić information content (AvgIpc) is 2.74. The van der Waals surface area contributed by atoms with Crippen LogP contribution in [0, 0.1) is 0 Å². The summed E-state index contributed by atoms with van der Waals surface area (Å²) in [6, 6.07) is 0. The molecule has 1 aromatic heterocycles. The Bertz CT molecular complexity index is 389. The number of rotatable bonds is 7. The van der Waals surface area contributed by atoms with Crippen molar-refractivity contribution >= 4 is 0 Å². The standard InChI is InChI=1S/C18H34N2/c1-9-11-17(5,6)14-15(18(7,8)12-10-2)20-16(19-14)13(3)4/h13H,9-12H2,1-8H3,(H,19,20). The topological polar surface area (TPSA) is 28.7 Å². The van der Waals surface area contributed by atoms with E-state index in [1.54, 1.807) is 0 Å². The summed E-state index contributed by atoms with van der Waals surface area (Å²) in [5.74, 6) is 1.60. The summed E-state index contributed by atoms with van der Waals surface area (Å²) in [7, 11) is 0. The molecule has 0 aliphatic heterocycles. The average molecular weight is 278 g/mol. The monoisotopic (exact) mass is 278 g/mol. The van der Waals surface area contributed by atoms with Gasteiger partial charge in [-0.05, 0) is 12.8 Å². The number of hydrogen-bond donors (Lipinski definition) is 1.